The molecule has 1 heterocycles. The molecule has 2 N–H and O–H groups in total. The Hall–Kier alpha value is -1.59. The van der Waals surface area contributed by atoms with Gasteiger partial charge in [-0.2, -0.15) is 0 Å². The van der Waals surface area contributed by atoms with Crippen molar-refractivity contribution in [1.29, 1.82) is 0 Å². The number of likely N-dealkylation sites (tertiary alicyclic amines) is 1. The molecular formula is C18H27ClN2O3. The maximum atomic E-state index is 12.4. The van der Waals surface area contributed by atoms with E-state index in [0.717, 1.165) is 42.6 Å². The van der Waals surface area contributed by atoms with E-state index in [0.29, 0.717) is 13.0 Å². The zero-order chi connectivity index (χ0) is 16.8. The molecule has 1 saturated heterocycles. The van der Waals surface area contributed by atoms with Crippen LogP contribution in [0.3, 0.4) is 0 Å². The monoisotopic (exact) mass is 354 g/mol. The molecule has 1 amide bonds. The minimum atomic E-state index is -0.764. The predicted molar refractivity (Wildman–Crippen MR) is 97.9 cm³/mol. The Balaban J connectivity index is 0.00000288. The lowest BCUT2D eigenvalue weighted by Crippen LogP contribution is -2.42. The summed E-state index contributed by atoms with van der Waals surface area (Å²) < 4.78 is 0. The number of carbonyl (C=O) groups excluding carboxylic acids is 1. The summed E-state index contributed by atoms with van der Waals surface area (Å²) in [5, 5.41) is 12.2. The van der Waals surface area contributed by atoms with Gasteiger partial charge >= 0.3 is 5.97 Å². The number of aliphatic carboxylic acids is 1. The quantitative estimate of drug-likeness (QED) is 0.824. The number of amides is 1. The first-order chi connectivity index (χ1) is 11.0. The van der Waals surface area contributed by atoms with Crippen LogP contribution in [-0.4, -0.2) is 41.5 Å². The number of hydrogen-bond acceptors (Lipinski definition) is 3. The van der Waals surface area contributed by atoms with Crippen molar-refractivity contribution >= 4 is 30.0 Å². The molecule has 2 rings (SSSR count). The number of carbonyl (C=O) groups is 2. The third-order valence-corrected chi connectivity index (χ3v) is 4.49. The van der Waals surface area contributed by atoms with Crippen LogP contribution < -0.4 is 5.32 Å². The van der Waals surface area contributed by atoms with Gasteiger partial charge in [-0.05, 0) is 43.4 Å². The van der Waals surface area contributed by atoms with Gasteiger partial charge in [0.25, 0.3) is 0 Å². The van der Waals surface area contributed by atoms with Crippen molar-refractivity contribution in [3.05, 3.63) is 29.3 Å². The summed E-state index contributed by atoms with van der Waals surface area (Å²) in [6.07, 6.45) is 3.27. The van der Waals surface area contributed by atoms with Crippen LogP contribution in [0.25, 0.3) is 0 Å². The lowest BCUT2D eigenvalue weighted by molar-refractivity contribution is -0.144. The number of nitrogens with one attached hydrogen (secondary N) is 1. The van der Waals surface area contributed by atoms with Gasteiger partial charge in [-0.15, -0.1) is 12.4 Å². The second-order valence-corrected chi connectivity index (χ2v) is 6.12. The van der Waals surface area contributed by atoms with Gasteiger partial charge in [-0.3, -0.25) is 14.5 Å². The molecule has 1 unspecified atom stereocenters. The highest BCUT2D eigenvalue weighted by Crippen LogP contribution is 2.23. The highest BCUT2D eigenvalue weighted by Gasteiger charge is 2.26. The summed E-state index contributed by atoms with van der Waals surface area (Å²) in [5.41, 5.74) is 3.20. The molecule has 1 aliphatic heterocycles. The molecule has 0 radical (unpaired) electrons. The van der Waals surface area contributed by atoms with Gasteiger partial charge in [-0.1, -0.05) is 32.0 Å². The maximum absolute atomic E-state index is 12.4. The van der Waals surface area contributed by atoms with Gasteiger partial charge in [-0.25, -0.2) is 0 Å². The van der Waals surface area contributed by atoms with Gasteiger partial charge in [0.2, 0.25) is 5.91 Å². The first kappa shape index (κ1) is 20.5. The van der Waals surface area contributed by atoms with E-state index in [4.69, 9.17) is 5.11 Å². The average molecular weight is 355 g/mol. The smallest absolute Gasteiger partial charge is 0.307 e. The Bertz CT molecular complexity index is 555. The van der Waals surface area contributed by atoms with E-state index in [9.17, 15) is 9.59 Å². The van der Waals surface area contributed by atoms with Crippen LogP contribution in [0, 0.1) is 5.92 Å². The molecular weight excluding hydrogens is 328 g/mol. The van der Waals surface area contributed by atoms with E-state index in [1.54, 1.807) is 0 Å². The fraction of sp³-hybridized carbons (Fsp3) is 0.556. The predicted octanol–water partition coefficient (Wildman–Crippen LogP) is 2.97. The number of carboxylic acid groups (broad SMARTS) is 1. The summed E-state index contributed by atoms with van der Waals surface area (Å²) in [7, 11) is 0. The Labute approximate surface area is 149 Å². The van der Waals surface area contributed by atoms with Crippen LogP contribution in [0.2, 0.25) is 0 Å². The second-order valence-electron chi connectivity index (χ2n) is 6.12. The molecule has 24 heavy (non-hydrogen) atoms. The number of aryl methyl sites for hydroxylation is 2. The van der Waals surface area contributed by atoms with Gasteiger partial charge in [0.1, 0.15) is 0 Å². The number of anilines is 1. The molecule has 1 aliphatic rings. The van der Waals surface area contributed by atoms with Crippen molar-refractivity contribution in [3.8, 4) is 0 Å². The molecule has 1 fully saturated rings. The molecule has 0 aromatic heterocycles. The molecule has 1 atom stereocenters. The van der Waals surface area contributed by atoms with E-state index in [1.807, 2.05) is 23.1 Å². The summed E-state index contributed by atoms with van der Waals surface area (Å²) in [5.74, 6) is -1.18. The van der Waals surface area contributed by atoms with E-state index in [-0.39, 0.29) is 30.8 Å². The summed E-state index contributed by atoms with van der Waals surface area (Å²) in [4.78, 5) is 25.5. The highest BCUT2D eigenvalue weighted by atomic mass is 35.5. The number of benzene rings is 1. The van der Waals surface area contributed by atoms with E-state index in [2.05, 4.69) is 19.2 Å². The molecule has 1 aromatic rings. The number of piperidine rings is 1. The lowest BCUT2D eigenvalue weighted by Gasteiger charge is -2.30. The molecule has 0 saturated carbocycles. The number of carboxylic acids is 1. The maximum Gasteiger partial charge on any atom is 0.307 e. The molecule has 134 valence electrons. The topological polar surface area (TPSA) is 69.6 Å². The standard InChI is InChI=1S/C18H26N2O3.ClH/c1-3-13-7-5-8-14(4-2)17(13)19-16(21)12-20-10-6-9-15(11-20)18(22)23;/h5,7-8,15H,3-4,6,9-12H2,1-2H3,(H,19,21)(H,22,23);1H. The van der Waals surface area contributed by atoms with E-state index >= 15 is 0 Å². The Morgan fingerprint density at radius 3 is 2.42 bits per heavy atom. The van der Waals surface area contributed by atoms with Crippen LogP contribution in [-0.2, 0) is 22.4 Å². The fourth-order valence-corrected chi connectivity index (χ4v) is 3.19. The molecule has 5 nitrogen and oxygen atoms in total. The highest BCUT2D eigenvalue weighted by molar-refractivity contribution is 5.94. The zero-order valence-electron chi connectivity index (χ0n) is 14.4. The molecule has 1 aromatic carbocycles. The Morgan fingerprint density at radius 2 is 1.88 bits per heavy atom. The van der Waals surface area contributed by atoms with Crippen molar-refractivity contribution in [3.63, 3.8) is 0 Å². The minimum absolute atomic E-state index is 0. The summed E-state index contributed by atoms with van der Waals surface area (Å²) in [6.45, 7) is 5.65. The Kier molecular flexibility index (Phi) is 8.22. The van der Waals surface area contributed by atoms with Crippen LogP contribution in [0.4, 0.5) is 5.69 Å². The third kappa shape index (κ3) is 5.21. The zero-order valence-corrected chi connectivity index (χ0v) is 15.2. The number of nitrogens with zero attached hydrogens (tertiary/aromatic N) is 1. The number of hydrogen-bond donors (Lipinski definition) is 2. The van der Waals surface area contributed by atoms with Gasteiger partial charge < -0.3 is 10.4 Å². The molecule has 0 spiro atoms. The number of para-hydroxylation sites is 1. The van der Waals surface area contributed by atoms with Crippen molar-refractivity contribution in [1.82, 2.24) is 4.90 Å². The second kappa shape index (κ2) is 9.64. The third-order valence-electron chi connectivity index (χ3n) is 4.49. The Morgan fingerprint density at radius 1 is 1.25 bits per heavy atom. The van der Waals surface area contributed by atoms with Gasteiger partial charge in [0, 0.05) is 12.2 Å². The minimum Gasteiger partial charge on any atom is -0.481 e. The number of rotatable bonds is 6. The summed E-state index contributed by atoms with van der Waals surface area (Å²) in [6, 6.07) is 6.10. The van der Waals surface area contributed by atoms with E-state index in [1.165, 1.54) is 0 Å². The molecule has 0 aliphatic carbocycles. The van der Waals surface area contributed by atoms with Crippen LogP contribution in [0.5, 0.6) is 0 Å². The van der Waals surface area contributed by atoms with Crippen LogP contribution in [0.1, 0.15) is 37.8 Å². The molecule has 6 heteroatoms. The summed E-state index contributed by atoms with van der Waals surface area (Å²) >= 11 is 0. The van der Waals surface area contributed by atoms with Crippen LogP contribution in [0.15, 0.2) is 18.2 Å². The van der Waals surface area contributed by atoms with Crippen molar-refractivity contribution in [2.24, 2.45) is 5.92 Å². The van der Waals surface area contributed by atoms with Gasteiger partial charge in [0.15, 0.2) is 0 Å². The van der Waals surface area contributed by atoms with Crippen molar-refractivity contribution in [2.45, 2.75) is 39.5 Å². The first-order valence-corrected chi connectivity index (χ1v) is 8.40. The van der Waals surface area contributed by atoms with Crippen molar-refractivity contribution in [2.75, 3.05) is 25.0 Å². The lowest BCUT2D eigenvalue weighted by atomic mass is 9.98. The fourth-order valence-electron chi connectivity index (χ4n) is 3.19. The van der Waals surface area contributed by atoms with Gasteiger partial charge in [0.05, 0.1) is 12.5 Å². The average Bonchev–Trinajstić information content (AvgIpc) is 2.55. The number of halogens is 1. The van der Waals surface area contributed by atoms with Crippen molar-refractivity contribution < 1.29 is 14.7 Å². The van der Waals surface area contributed by atoms with E-state index < -0.39 is 5.97 Å². The largest absolute Gasteiger partial charge is 0.481 e. The first-order valence-electron chi connectivity index (χ1n) is 8.40. The molecule has 0 bridgehead atoms. The normalized spacial score (nSPS) is 17.8. The van der Waals surface area contributed by atoms with Crippen LogP contribution >= 0.6 is 12.4 Å². The SMILES string of the molecule is CCc1cccc(CC)c1NC(=O)CN1CCCC(C(=O)O)C1.Cl.